The van der Waals surface area contributed by atoms with Crippen LogP contribution in [0.4, 0.5) is 0 Å². The van der Waals surface area contributed by atoms with E-state index in [1.54, 1.807) is 38.1 Å². The summed E-state index contributed by atoms with van der Waals surface area (Å²) in [5, 5.41) is 0.179. The van der Waals surface area contributed by atoms with Crippen LogP contribution in [0.25, 0.3) is 0 Å². The minimum absolute atomic E-state index is 0.0823. The van der Waals surface area contributed by atoms with Crippen molar-refractivity contribution in [1.82, 2.24) is 0 Å². The number of hydrogen-bond acceptors (Lipinski definition) is 5. The molecule has 3 aromatic carbocycles. The molecule has 0 fully saturated rings. The van der Waals surface area contributed by atoms with Gasteiger partial charge in [0.1, 0.15) is 0 Å². The Morgan fingerprint density at radius 1 is 0.778 bits per heavy atom. The smallest absolute Gasteiger partial charge is 0.466 e. The molecule has 0 aromatic heterocycles. The molecule has 5 nitrogen and oxygen atoms in total. The van der Waals surface area contributed by atoms with Crippen molar-refractivity contribution in [2.45, 2.75) is 53.9 Å². The van der Waals surface area contributed by atoms with Crippen molar-refractivity contribution in [3.63, 3.8) is 0 Å². The van der Waals surface area contributed by atoms with Crippen molar-refractivity contribution in [2.24, 2.45) is 0 Å². The van der Waals surface area contributed by atoms with Crippen molar-refractivity contribution < 1.29 is 23.6 Å². The fraction of sp³-hybridized carbons (Fsp3) is 0.333. The van der Waals surface area contributed by atoms with E-state index in [0.29, 0.717) is 27.8 Å². The van der Waals surface area contributed by atoms with Gasteiger partial charge in [-0.3, -0.25) is 4.79 Å². The molecule has 0 aliphatic carbocycles. The van der Waals surface area contributed by atoms with Gasteiger partial charge in [0.05, 0.1) is 19.8 Å². The van der Waals surface area contributed by atoms with E-state index < -0.39 is 13.3 Å². The maximum absolute atomic E-state index is 13.9. The Kier molecular flexibility index (Phi) is 7.85. The highest BCUT2D eigenvalue weighted by Gasteiger charge is 2.44. The molecule has 6 heteroatoms. The summed E-state index contributed by atoms with van der Waals surface area (Å²) < 4.78 is 25.2. The molecule has 0 N–H and O–H groups in total. The second-order valence-electron chi connectivity index (χ2n) is 10.1. The highest BCUT2D eigenvalue weighted by atomic mass is 31.1. The summed E-state index contributed by atoms with van der Waals surface area (Å²) in [5.41, 5.74) is 4.50. The van der Waals surface area contributed by atoms with Gasteiger partial charge in [-0.15, -0.1) is 0 Å². The average molecular weight is 506 g/mol. The maximum Gasteiger partial charge on any atom is 0.466 e. The average Bonchev–Trinajstić information content (AvgIpc) is 2.82. The molecule has 0 radical (unpaired) electrons. The van der Waals surface area contributed by atoms with Gasteiger partial charge < -0.3 is 9.47 Å². The standard InChI is InChI=1S/C30H34O5P/c1-17-15-22(30(5,6)7)16-18(2)23(17)29(32)36(33)28-26(34-8)19(3)24(20(4)27(28)35-9)25(31)21-13-11-10-12-14-21/h10-16H,1-9H3/q+1. The normalized spacial score (nSPS) is 11.8. The van der Waals surface area contributed by atoms with E-state index in [2.05, 4.69) is 20.8 Å². The van der Waals surface area contributed by atoms with E-state index in [9.17, 15) is 14.2 Å². The monoisotopic (exact) mass is 505 g/mol. The van der Waals surface area contributed by atoms with Crippen LogP contribution in [0.3, 0.4) is 0 Å². The van der Waals surface area contributed by atoms with Gasteiger partial charge in [-0.2, -0.15) is 0 Å². The highest BCUT2D eigenvalue weighted by molar-refractivity contribution is 7.72. The largest absolute Gasteiger partial charge is 0.492 e. The van der Waals surface area contributed by atoms with Gasteiger partial charge in [-0.1, -0.05) is 67.8 Å². The highest BCUT2D eigenvalue weighted by Crippen LogP contribution is 2.42. The molecule has 1 unspecified atom stereocenters. The third kappa shape index (κ3) is 4.85. The molecule has 0 heterocycles. The predicted molar refractivity (Wildman–Crippen MR) is 145 cm³/mol. The number of hydrogen-bond donors (Lipinski definition) is 0. The Balaban J connectivity index is 2.21. The Hall–Kier alpha value is -3.30. The lowest BCUT2D eigenvalue weighted by molar-refractivity contribution is 0.103. The number of carbonyl (C=O) groups excluding carboxylic acids is 2. The molecule has 188 valence electrons. The fourth-order valence-electron chi connectivity index (χ4n) is 4.66. The maximum atomic E-state index is 13.9. The lowest BCUT2D eigenvalue weighted by atomic mass is 9.84. The Bertz CT molecular complexity index is 1310. The first kappa shape index (κ1) is 27.3. The molecular formula is C30H34O5P+. The second-order valence-corrected chi connectivity index (χ2v) is 11.5. The molecule has 0 bridgehead atoms. The van der Waals surface area contributed by atoms with Crippen LogP contribution < -0.4 is 14.8 Å². The molecule has 0 amide bonds. The molecule has 3 rings (SSSR count). The molecule has 0 spiro atoms. The number of ketones is 1. The van der Waals surface area contributed by atoms with Gasteiger partial charge in [-0.05, 0) is 49.8 Å². The van der Waals surface area contributed by atoms with Gasteiger partial charge in [0, 0.05) is 22.3 Å². The van der Waals surface area contributed by atoms with E-state index >= 15 is 0 Å². The number of benzene rings is 3. The minimum Gasteiger partial charge on any atom is -0.492 e. The SMILES string of the molecule is COc1c(C)c(C(=O)c2ccccc2)c(C)c(OC)c1[P+](=O)C(=O)c1c(C)cc(C(C)(C)C)cc1C. The molecule has 0 saturated carbocycles. The van der Waals surface area contributed by atoms with E-state index in [4.69, 9.17) is 9.47 Å². The van der Waals surface area contributed by atoms with Crippen LogP contribution in [0, 0.1) is 27.7 Å². The van der Waals surface area contributed by atoms with Gasteiger partial charge in [0.25, 0.3) is 5.30 Å². The predicted octanol–water partition coefficient (Wildman–Crippen LogP) is 6.76. The lowest BCUT2D eigenvalue weighted by Gasteiger charge is -2.21. The van der Waals surface area contributed by atoms with Crippen LogP contribution >= 0.6 is 7.80 Å². The van der Waals surface area contributed by atoms with Crippen LogP contribution in [-0.2, 0) is 9.98 Å². The van der Waals surface area contributed by atoms with Crippen molar-refractivity contribution >= 4 is 24.4 Å². The first-order valence-electron chi connectivity index (χ1n) is 11.8. The third-order valence-corrected chi connectivity index (χ3v) is 7.94. The quantitative estimate of drug-likeness (QED) is 0.262. The first-order chi connectivity index (χ1) is 16.8. The molecular weight excluding hydrogens is 471 g/mol. The molecule has 3 aromatic rings. The Morgan fingerprint density at radius 3 is 1.67 bits per heavy atom. The van der Waals surface area contributed by atoms with Crippen LogP contribution in [-0.4, -0.2) is 25.5 Å². The van der Waals surface area contributed by atoms with Crippen molar-refractivity contribution in [3.05, 3.63) is 87.0 Å². The third-order valence-electron chi connectivity index (χ3n) is 6.53. The Labute approximate surface area is 214 Å². The molecule has 0 aliphatic rings. The van der Waals surface area contributed by atoms with Crippen LogP contribution in [0.2, 0.25) is 0 Å². The summed E-state index contributed by atoms with van der Waals surface area (Å²) in [4.78, 5) is 27.1. The molecule has 0 saturated heterocycles. The second kappa shape index (κ2) is 10.4. The van der Waals surface area contributed by atoms with Crippen molar-refractivity contribution in [3.8, 4) is 11.5 Å². The summed E-state index contributed by atoms with van der Waals surface area (Å²) in [6, 6.07) is 12.9. The minimum atomic E-state index is -2.61. The van der Waals surface area contributed by atoms with Crippen LogP contribution in [0.15, 0.2) is 42.5 Å². The molecule has 36 heavy (non-hydrogen) atoms. The number of aryl methyl sites for hydroxylation is 2. The summed E-state index contributed by atoms with van der Waals surface area (Å²) in [6.45, 7) is 13.6. The number of methoxy groups -OCH3 is 2. The fourth-order valence-corrected chi connectivity index (χ4v) is 6.31. The first-order valence-corrected chi connectivity index (χ1v) is 13.1. The van der Waals surface area contributed by atoms with E-state index in [-0.39, 0.29) is 28.0 Å². The zero-order chi connectivity index (χ0) is 26.9. The summed E-state index contributed by atoms with van der Waals surface area (Å²) in [7, 11) is 0.283. The van der Waals surface area contributed by atoms with Gasteiger partial charge in [-0.25, -0.2) is 4.79 Å². The van der Waals surface area contributed by atoms with E-state index in [1.165, 1.54) is 14.2 Å². The zero-order valence-electron chi connectivity index (χ0n) is 22.5. The van der Waals surface area contributed by atoms with E-state index in [1.807, 2.05) is 32.0 Å². The summed E-state index contributed by atoms with van der Waals surface area (Å²) in [5.74, 6) is 0.264. The van der Waals surface area contributed by atoms with Gasteiger partial charge >= 0.3 is 13.3 Å². The molecule has 1 atom stereocenters. The summed E-state index contributed by atoms with van der Waals surface area (Å²) >= 11 is 0. The number of carbonyl (C=O) groups is 2. The van der Waals surface area contributed by atoms with Crippen molar-refractivity contribution in [2.75, 3.05) is 14.2 Å². The summed E-state index contributed by atoms with van der Waals surface area (Å²) in [6.07, 6.45) is 0. The lowest BCUT2D eigenvalue weighted by Crippen LogP contribution is -2.19. The van der Waals surface area contributed by atoms with Crippen LogP contribution in [0.5, 0.6) is 11.5 Å². The number of rotatable bonds is 7. The van der Waals surface area contributed by atoms with Crippen molar-refractivity contribution in [1.29, 1.82) is 0 Å². The van der Waals surface area contributed by atoms with E-state index in [0.717, 1.165) is 16.7 Å². The number of ether oxygens (including phenoxy) is 2. The zero-order valence-corrected chi connectivity index (χ0v) is 23.4. The van der Waals surface area contributed by atoms with Crippen LogP contribution in [0.1, 0.15) is 74.9 Å². The van der Waals surface area contributed by atoms with Gasteiger partial charge in [0.15, 0.2) is 17.3 Å². The molecule has 0 aliphatic heterocycles. The topological polar surface area (TPSA) is 69.7 Å². The Morgan fingerprint density at radius 2 is 1.25 bits per heavy atom. The van der Waals surface area contributed by atoms with Gasteiger partial charge in [0.2, 0.25) is 0 Å².